The highest BCUT2D eigenvalue weighted by Gasteiger charge is 2.40. The van der Waals surface area contributed by atoms with Gasteiger partial charge in [0.25, 0.3) is 5.91 Å². The van der Waals surface area contributed by atoms with Crippen LogP contribution >= 0.6 is 0 Å². The van der Waals surface area contributed by atoms with Crippen molar-refractivity contribution >= 4 is 39.7 Å². The largest absolute Gasteiger partial charge is 0.494 e. The van der Waals surface area contributed by atoms with Crippen molar-refractivity contribution < 1.29 is 18.5 Å². The van der Waals surface area contributed by atoms with Crippen LogP contribution in [0.25, 0.3) is 0 Å². The molecule has 0 bridgehead atoms. The van der Waals surface area contributed by atoms with Crippen LogP contribution in [-0.2, 0) is 20.4 Å². The lowest BCUT2D eigenvalue weighted by Crippen LogP contribution is -2.48. The Hall–Kier alpha value is -3.20. The zero-order valence-electron chi connectivity index (χ0n) is 17.9. The molecule has 3 rings (SSSR count). The zero-order valence-corrected chi connectivity index (χ0v) is 18.7. The van der Waals surface area contributed by atoms with Gasteiger partial charge in [0.2, 0.25) is 5.91 Å². The second kappa shape index (κ2) is 9.30. The smallest absolute Gasteiger partial charge is 0.273 e. The van der Waals surface area contributed by atoms with E-state index in [2.05, 4.69) is 21.2 Å². The summed E-state index contributed by atoms with van der Waals surface area (Å²) in [7, 11) is -1.79. The van der Waals surface area contributed by atoms with Crippen molar-refractivity contribution in [2.45, 2.75) is 43.4 Å². The number of rotatable bonds is 6. The number of benzene rings is 2. The molecule has 31 heavy (non-hydrogen) atoms. The number of anilines is 2. The molecule has 0 saturated heterocycles. The molecule has 2 aromatic carbocycles. The van der Waals surface area contributed by atoms with Crippen LogP contribution in [0.15, 0.2) is 58.5 Å². The van der Waals surface area contributed by atoms with Crippen LogP contribution in [0.1, 0.15) is 27.7 Å². The number of hydrogen-bond donors (Lipinski definition) is 3. The van der Waals surface area contributed by atoms with Crippen molar-refractivity contribution in [3.8, 4) is 5.75 Å². The van der Waals surface area contributed by atoms with Gasteiger partial charge in [-0.25, -0.2) is 0 Å². The van der Waals surface area contributed by atoms with E-state index in [9.17, 15) is 13.8 Å². The van der Waals surface area contributed by atoms with Gasteiger partial charge in [-0.15, -0.1) is 0 Å². The lowest BCUT2D eigenvalue weighted by molar-refractivity contribution is -0.116. The topological polar surface area (TPSA) is 109 Å². The van der Waals surface area contributed by atoms with E-state index in [0.29, 0.717) is 28.6 Å². The predicted molar refractivity (Wildman–Crippen MR) is 122 cm³/mol. The molecule has 3 N–H and O–H groups in total. The minimum atomic E-state index is -1.79. The maximum atomic E-state index is 13.2. The molecule has 1 aliphatic rings. The number of amides is 2. The molecule has 9 heteroatoms. The molecule has 2 aromatic rings. The van der Waals surface area contributed by atoms with E-state index < -0.39 is 33.4 Å². The number of nitrogens with zero attached hydrogens (tertiary/aromatic N) is 1. The molecule has 8 nitrogen and oxygen atoms in total. The van der Waals surface area contributed by atoms with Gasteiger partial charge in [0.1, 0.15) is 5.75 Å². The fraction of sp³-hybridized carbons (Fsp3) is 0.318. The Morgan fingerprint density at radius 2 is 1.84 bits per heavy atom. The summed E-state index contributed by atoms with van der Waals surface area (Å²) in [6.45, 7) is 8.02. The third kappa shape index (κ3) is 5.49. The Balaban J connectivity index is 1.92. The molecule has 0 fully saturated rings. The lowest BCUT2D eigenvalue weighted by Gasteiger charge is -2.26. The molecule has 0 unspecified atom stereocenters. The molecule has 1 heterocycles. The van der Waals surface area contributed by atoms with Crippen molar-refractivity contribution in [2.24, 2.45) is 5.10 Å². The van der Waals surface area contributed by atoms with E-state index in [4.69, 9.17) is 4.74 Å². The van der Waals surface area contributed by atoms with Crippen LogP contribution in [0.4, 0.5) is 11.4 Å². The van der Waals surface area contributed by atoms with Gasteiger partial charge in [0, 0.05) is 11.2 Å². The minimum absolute atomic E-state index is 0.158. The van der Waals surface area contributed by atoms with Crippen LogP contribution in [-0.4, -0.2) is 39.1 Å². The Morgan fingerprint density at radius 3 is 2.48 bits per heavy atom. The van der Waals surface area contributed by atoms with Crippen LogP contribution in [0.3, 0.4) is 0 Å². The number of fused-ring (bicyclic) bond motifs is 1. The molecule has 0 radical (unpaired) electrons. The number of ether oxygens (including phenoxy) is 1. The quantitative estimate of drug-likeness (QED) is 0.471. The number of hydrogen-bond acceptors (Lipinski definition) is 6. The standard InChI is InChI=1S/C22H26N4O4S/c1-5-30-15-12-10-14(11-13-15)23-20(27)18(25-26-22(2,3)4)19-21(28)24-16-8-6-7-9-17(16)31(19)29/h6-13,19,26H,5H2,1-4H3,(H,23,27)(H,24,28)/b25-18+/t19-,31-/m0/s1. The van der Waals surface area contributed by atoms with Gasteiger partial charge < -0.3 is 20.8 Å². The normalized spacial score (nSPS) is 18.6. The average Bonchev–Trinajstić information content (AvgIpc) is 2.71. The fourth-order valence-corrected chi connectivity index (χ4v) is 4.26. The van der Waals surface area contributed by atoms with Crippen molar-refractivity contribution in [1.82, 2.24) is 5.43 Å². The van der Waals surface area contributed by atoms with Gasteiger partial charge in [-0.3, -0.25) is 13.8 Å². The van der Waals surface area contributed by atoms with Crippen molar-refractivity contribution in [3.05, 3.63) is 48.5 Å². The molecule has 0 saturated carbocycles. The van der Waals surface area contributed by atoms with E-state index in [-0.39, 0.29) is 5.71 Å². The second-order valence-electron chi connectivity index (χ2n) is 7.93. The SMILES string of the molecule is CCOc1ccc(NC(=O)/C(=N/NC(C)(C)C)[C@H]2C(=O)Nc3ccccc3[S@@]2=O)cc1. The van der Waals surface area contributed by atoms with Crippen LogP contribution in [0, 0.1) is 0 Å². The summed E-state index contributed by atoms with van der Waals surface area (Å²) in [6, 6.07) is 13.6. The van der Waals surface area contributed by atoms with E-state index >= 15 is 0 Å². The first-order valence-corrected chi connectivity index (χ1v) is 11.1. The summed E-state index contributed by atoms with van der Waals surface area (Å²) in [5.41, 5.74) is 3.22. The fourth-order valence-electron chi connectivity index (χ4n) is 2.85. The molecule has 0 aromatic heterocycles. The Bertz CT molecular complexity index is 1030. The average molecular weight is 443 g/mol. The van der Waals surface area contributed by atoms with Gasteiger partial charge in [-0.1, -0.05) is 12.1 Å². The lowest BCUT2D eigenvalue weighted by atomic mass is 10.1. The molecular formula is C22H26N4O4S. The summed E-state index contributed by atoms with van der Waals surface area (Å²) in [6.07, 6.45) is 0. The summed E-state index contributed by atoms with van der Waals surface area (Å²) >= 11 is 0. The monoisotopic (exact) mass is 442 g/mol. The predicted octanol–water partition coefficient (Wildman–Crippen LogP) is 2.90. The zero-order chi connectivity index (χ0) is 22.6. The number of carbonyl (C=O) groups excluding carboxylic acids is 2. The molecular weight excluding hydrogens is 416 g/mol. The molecule has 164 valence electrons. The van der Waals surface area contributed by atoms with E-state index in [1.165, 1.54) is 0 Å². The Labute approximate surface area is 183 Å². The van der Waals surface area contributed by atoms with Crippen molar-refractivity contribution in [1.29, 1.82) is 0 Å². The van der Waals surface area contributed by atoms with Gasteiger partial charge in [-0.05, 0) is 64.1 Å². The Morgan fingerprint density at radius 1 is 1.16 bits per heavy atom. The first kappa shape index (κ1) is 22.5. The highest BCUT2D eigenvalue weighted by atomic mass is 32.2. The number of carbonyl (C=O) groups is 2. The second-order valence-corrected chi connectivity index (χ2v) is 9.44. The van der Waals surface area contributed by atoms with E-state index in [0.717, 1.165) is 0 Å². The number of hydrazone groups is 1. The molecule has 0 aliphatic carbocycles. The minimum Gasteiger partial charge on any atom is -0.494 e. The van der Waals surface area contributed by atoms with Gasteiger partial charge >= 0.3 is 0 Å². The Kier molecular flexibility index (Phi) is 6.74. The van der Waals surface area contributed by atoms with Gasteiger partial charge in [-0.2, -0.15) is 5.10 Å². The van der Waals surface area contributed by atoms with Crippen molar-refractivity contribution in [2.75, 3.05) is 17.2 Å². The van der Waals surface area contributed by atoms with Crippen LogP contribution < -0.4 is 20.8 Å². The van der Waals surface area contributed by atoms with Crippen LogP contribution in [0.5, 0.6) is 5.75 Å². The third-order valence-corrected chi connectivity index (χ3v) is 5.88. The maximum Gasteiger partial charge on any atom is 0.273 e. The molecule has 1 aliphatic heterocycles. The summed E-state index contributed by atoms with van der Waals surface area (Å²) < 4.78 is 18.6. The van der Waals surface area contributed by atoms with Gasteiger partial charge in [0.05, 0.1) is 28.0 Å². The molecule has 0 spiro atoms. The highest BCUT2D eigenvalue weighted by Crippen LogP contribution is 2.28. The van der Waals surface area contributed by atoms with Crippen LogP contribution in [0.2, 0.25) is 0 Å². The number of nitrogens with one attached hydrogen (secondary N) is 3. The molecule has 2 atom stereocenters. The summed E-state index contributed by atoms with van der Waals surface area (Å²) in [5, 5.41) is 8.41. The highest BCUT2D eigenvalue weighted by molar-refractivity contribution is 7.88. The number of para-hydroxylation sites is 1. The van der Waals surface area contributed by atoms with Gasteiger partial charge in [0.15, 0.2) is 11.0 Å². The van der Waals surface area contributed by atoms with E-state index in [1.807, 2.05) is 27.7 Å². The first-order valence-electron chi connectivity index (χ1n) is 9.89. The third-order valence-electron chi connectivity index (χ3n) is 4.23. The maximum absolute atomic E-state index is 13.2. The molecule has 2 amide bonds. The van der Waals surface area contributed by atoms with E-state index in [1.54, 1.807) is 48.5 Å². The first-order chi connectivity index (χ1) is 14.7. The summed E-state index contributed by atoms with van der Waals surface area (Å²) in [5.74, 6) is -0.490. The van der Waals surface area contributed by atoms with Crippen molar-refractivity contribution in [3.63, 3.8) is 0 Å². The summed E-state index contributed by atoms with van der Waals surface area (Å²) in [4.78, 5) is 26.4.